The summed E-state index contributed by atoms with van der Waals surface area (Å²) < 4.78 is 14.4. The summed E-state index contributed by atoms with van der Waals surface area (Å²) in [6.07, 6.45) is 5.50. The SMILES string of the molecule is Cc1c(C(=O)NCCc2nc3c(s2)CCCC3)sc2ccc(F)cc12. The maximum absolute atomic E-state index is 13.4. The van der Waals surface area contributed by atoms with Gasteiger partial charge in [0.2, 0.25) is 0 Å². The maximum Gasteiger partial charge on any atom is 0.261 e. The number of aromatic nitrogens is 1. The molecule has 0 fully saturated rings. The molecule has 0 bridgehead atoms. The van der Waals surface area contributed by atoms with Crippen molar-refractivity contribution < 1.29 is 9.18 Å². The van der Waals surface area contributed by atoms with Crippen molar-refractivity contribution in [2.75, 3.05) is 6.54 Å². The predicted octanol–water partition coefficient (Wildman–Crippen LogP) is 4.66. The molecular formula is C19H19FN2OS2. The predicted molar refractivity (Wildman–Crippen MR) is 101 cm³/mol. The fraction of sp³-hybridized carbons (Fsp3) is 0.368. The Morgan fingerprint density at radius 2 is 2.12 bits per heavy atom. The van der Waals surface area contributed by atoms with Gasteiger partial charge in [-0.2, -0.15) is 0 Å². The molecule has 2 heterocycles. The van der Waals surface area contributed by atoms with Crippen LogP contribution in [0.25, 0.3) is 10.1 Å². The van der Waals surface area contributed by atoms with Crippen LogP contribution in [0.4, 0.5) is 4.39 Å². The van der Waals surface area contributed by atoms with Crippen molar-refractivity contribution in [2.24, 2.45) is 0 Å². The summed E-state index contributed by atoms with van der Waals surface area (Å²) in [5.41, 5.74) is 2.11. The minimum Gasteiger partial charge on any atom is -0.351 e. The molecule has 0 spiro atoms. The highest BCUT2D eigenvalue weighted by molar-refractivity contribution is 7.21. The number of thiophene rings is 1. The molecule has 6 heteroatoms. The van der Waals surface area contributed by atoms with Crippen molar-refractivity contribution in [2.45, 2.75) is 39.0 Å². The maximum atomic E-state index is 13.4. The average Bonchev–Trinajstić information content (AvgIpc) is 3.16. The van der Waals surface area contributed by atoms with E-state index >= 15 is 0 Å². The van der Waals surface area contributed by atoms with Crippen LogP contribution in [0.5, 0.6) is 0 Å². The highest BCUT2D eigenvalue weighted by atomic mass is 32.1. The van der Waals surface area contributed by atoms with Gasteiger partial charge in [0.1, 0.15) is 5.82 Å². The van der Waals surface area contributed by atoms with E-state index in [0.717, 1.165) is 39.9 Å². The van der Waals surface area contributed by atoms with Crippen molar-refractivity contribution in [3.05, 3.63) is 50.0 Å². The second-order valence-electron chi connectivity index (χ2n) is 6.39. The lowest BCUT2D eigenvalue weighted by atomic mass is 10.0. The van der Waals surface area contributed by atoms with Crippen molar-refractivity contribution >= 4 is 38.7 Å². The van der Waals surface area contributed by atoms with Crippen molar-refractivity contribution in [1.82, 2.24) is 10.3 Å². The summed E-state index contributed by atoms with van der Waals surface area (Å²) in [4.78, 5) is 19.3. The van der Waals surface area contributed by atoms with Crippen LogP contribution in [0.15, 0.2) is 18.2 Å². The van der Waals surface area contributed by atoms with E-state index in [2.05, 4.69) is 5.32 Å². The van der Waals surface area contributed by atoms with Crippen LogP contribution in [0, 0.1) is 12.7 Å². The van der Waals surface area contributed by atoms with Crippen molar-refractivity contribution in [3.63, 3.8) is 0 Å². The summed E-state index contributed by atoms with van der Waals surface area (Å²) in [6.45, 7) is 2.45. The molecule has 0 saturated heterocycles. The molecule has 0 saturated carbocycles. The zero-order valence-electron chi connectivity index (χ0n) is 14.0. The Bertz CT molecular complexity index is 921. The molecule has 0 unspecified atom stereocenters. The Labute approximate surface area is 153 Å². The first-order valence-corrected chi connectivity index (χ1v) is 10.2. The van der Waals surface area contributed by atoms with E-state index in [-0.39, 0.29) is 11.7 Å². The van der Waals surface area contributed by atoms with Crippen LogP contribution in [0.1, 0.15) is 43.7 Å². The second kappa shape index (κ2) is 6.84. The molecule has 3 nitrogen and oxygen atoms in total. The number of carbonyl (C=O) groups excluding carboxylic acids is 1. The summed E-state index contributed by atoms with van der Waals surface area (Å²) in [7, 11) is 0. The molecule has 1 aliphatic carbocycles. The van der Waals surface area contributed by atoms with E-state index in [9.17, 15) is 9.18 Å². The smallest absolute Gasteiger partial charge is 0.261 e. The van der Waals surface area contributed by atoms with Gasteiger partial charge in [0, 0.05) is 22.5 Å². The summed E-state index contributed by atoms with van der Waals surface area (Å²) in [5, 5.41) is 4.92. The summed E-state index contributed by atoms with van der Waals surface area (Å²) in [5.74, 6) is -0.353. The van der Waals surface area contributed by atoms with Gasteiger partial charge in [0.15, 0.2) is 0 Å². The molecule has 130 valence electrons. The average molecular weight is 375 g/mol. The second-order valence-corrected chi connectivity index (χ2v) is 8.61. The van der Waals surface area contributed by atoms with E-state index in [1.807, 2.05) is 6.92 Å². The lowest BCUT2D eigenvalue weighted by Gasteiger charge is -2.06. The van der Waals surface area contributed by atoms with Gasteiger partial charge in [-0.05, 0) is 61.8 Å². The molecular weight excluding hydrogens is 355 g/mol. The molecule has 0 radical (unpaired) electrons. The normalized spacial score (nSPS) is 13.8. The number of halogens is 1. The molecule has 2 aromatic heterocycles. The Hall–Kier alpha value is -1.79. The number of amides is 1. The molecule has 25 heavy (non-hydrogen) atoms. The molecule has 1 aromatic carbocycles. The fourth-order valence-corrected chi connectivity index (χ4v) is 5.55. The highest BCUT2D eigenvalue weighted by Crippen LogP contribution is 2.31. The summed E-state index contributed by atoms with van der Waals surface area (Å²) in [6, 6.07) is 4.67. The molecule has 1 amide bonds. The largest absolute Gasteiger partial charge is 0.351 e. The van der Waals surface area contributed by atoms with Gasteiger partial charge in [-0.25, -0.2) is 9.37 Å². The zero-order valence-corrected chi connectivity index (χ0v) is 15.7. The molecule has 0 aliphatic heterocycles. The number of fused-ring (bicyclic) bond motifs is 2. The van der Waals surface area contributed by atoms with Crippen LogP contribution in [0.3, 0.4) is 0 Å². The molecule has 1 aliphatic rings. The first kappa shape index (κ1) is 16.7. The monoisotopic (exact) mass is 374 g/mol. The van der Waals surface area contributed by atoms with E-state index in [0.29, 0.717) is 11.4 Å². The minimum absolute atomic E-state index is 0.0829. The molecule has 1 N–H and O–H groups in total. The Morgan fingerprint density at radius 1 is 1.28 bits per heavy atom. The van der Waals surface area contributed by atoms with Crippen molar-refractivity contribution in [3.8, 4) is 0 Å². The quantitative estimate of drug-likeness (QED) is 0.722. The Kier molecular flexibility index (Phi) is 4.56. The number of nitrogens with zero attached hydrogens (tertiary/aromatic N) is 1. The van der Waals surface area contributed by atoms with Gasteiger partial charge in [-0.1, -0.05) is 0 Å². The molecule has 3 aromatic rings. The van der Waals surface area contributed by atoms with Crippen LogP contribution < -0.4 is 5.32 Å². The van der Waals surface area contributed by atoms with Crippen LogP contribution in [0.2, 0.25) is 0 Å². The third-order valence-electron chi connectivity index (χ3n) is 4.62. The third kappa shape index (κ3) is 3.33. The van der Waals surface area contributed by atoms with Gasteiger partial charge in [-0.15, -0.1) is 22.7 Å². The topological polar surface area (TPSA) is 42.0 Å². The number of carbonyl (C=O) groups is 1. The Balaban J connectivity index is 1.42. The summed E-state index contributed by atoms with van der Waals surface area (Å²) >= 11 is 3.21. The van der Waals surface area contributed by atoms with Gasteiger partial charge < -0.3 is 5.32 Å². The van der Waals surface area contributed by atoms with E-state index in [1.165, 1.54) is 46.9 Å². The number of nitrogens with one attached hydrogen (secondary N) is 1. The number of thiazole rings is 1. The number of benzene rings is 1. The number of hydrogen-bond donors (Lipinski definition) is 1. The van der Waals surface area contributed by atoms with Crippen LogP contribution >= 0.6 is 22.7 Å². The van der Waals surface area contributed by atoms with Crippen molar-refractivity contribution in [1.29, 1.82) is 0 Å². The molecule has 0 atom stereocenters. The zero-order chi connectivity index (χ0) is 17.4. The van der Waals surface area contributed by atoms with E-state index in [1.54, 1.807) is 17.4 Å². The fourth-order valence-electron chi connectivity index (χ4n) is 3.29. The van der Waals surface area contributed by atoms with Gasteiger partial charge >= 0.3 is 0 Å². The number of aryl methyl sites for hydroxylation is 3. The van der Waals surface area contributed by atoms with Crippen LogP contribution in [-0.4, -0.2) is 17.4 Å². The molecule has 4 rings (SSSR count). The standard InChI is InChI=1S/C19H19FN2OS2/c1-11-13-10-12(20)6-7-15(13)25-18(11)19(23)21-9-8-17-22-14-4-2-3-5-16(14)24-17/h6-7,10H,2-5,8-9H2,1H3,(H,21,23). The minimum atomic E-state index is -0.270. The first-order chi connectivity index (χ1) is 12.1. The first-order valence-electron chi connectivity index (χ1n) is 8.56. The highest BCUT2D eigenvalue weighted by Gasteiger charge is 2.17. The van der Waals surface area contributed by atoms with Gasteiger partial charge in [0.05, 0.1) is 15.6 Å². The number of hydrogen-bond acceptors (Lipinski definition) is 4. The third-order valence-corrected chi connectivity index (χ3v) is 7.11. The lowest BCUT2D eigenvalue weighted by Crippen LogP contribution is -2.25. The van der Waals surface area contributed by atoms with E-state index < -0.39 is 0 Å². The lowest BCUT2D eigenvalue weighted by molar-refractivity contribution is 0.0957. The Morgan fingerprint density at radius 3 is 2.96 bits per heavy atom. The van der Waals surface area contributed by atoms with Gasteiger partial charge in [0.25, 0.3) is 5.91 Å². The van der Waals surface area contributed by atoms with Gasteiger partial charge in [-0.3, -0.25) is 4.79 Å². The number of rotatable bonds is 4. The van der Waals surface area contributed by atoms with Crippen LogP contribution in [-0.2, 0) is 19.3 Å². The van der Waals surface area contributed by atoms with E-state index in [4.69, 9.17) is 4.98 Å².